The third-order valence-corrected chi connectivity index (χ3v) is 5.06. The second-order valence-electron chi connectivity index (χ2n) is 6.93. The van der Waals surface area contributed by atoms with Crippen molar-refractivity contribution in [3.05, 3.63) is 112 Å². The predicted octanol–water partition coefficient (Wildman–Crippen LogP) is 6.32. The minimum Gasteiger partial charge on any atom is -0.398 e. The first-order valence-corrected chi connectivity index (χ1v) is 10.6. The van der Waals surface area contributed by atoms with Gasteiger partial charge in [-0.05, 0) is 48.0 Å². The Balaban J connectivity index is 0.000000271. The van der Waals surface area contributed by atoms with E-state index in [1.54, 1.807) is 48.7 Å². The first-order valence-electron chi connectivity index (χ1n) is 9.88. The molecule has 0 saturated carbocycles. The Hall–Kier alpha value is -4.36. The molecular formula is C26H17Cl2N5O. The summed E-state index contributed by atoms with van der Waals surface area (Å²) in [4.78, 5) is 16.6. The number of anilines is 2. The quantitative estimate of drug-likeness (QED) is 0.329. The maximum Gasteiger partial charge on any atom is 0.257 e. The van der Waals surface area contributed by atoms with Crippen LogP contribution in [-0.4, -0.2) is 10.9 Å². The molecule has 4 rings (SSSR count). The number of pyridine rings is 1. The third-order valence-electron chi connectivity index (χ3n) is 4.59. The van der Waals surface area contributed by atoms with Crippen molar-refractivity contribution in [2.75, 3.05) is 11.1 Å². The van der Waals surface area contributed by atoms with Gasteiger partial charge in [0, 0.05) is 28.0 Å². The Labute approximate surface area is 206 Å². The lowest BCUT2D eigenvalue weighted by molar-refractivity contribution is 0.102. The van der Waals surface area contributed by atoms with Gasteiger partial charge in [0.1, 0.15) is 12.1 Å². The molecule has 0 fully saturated rings. The highest BCUT2D eigenvalue weighted by Crippen LogP contribution is 2.23. The molecule has 0 aliphatic heterocycles. The third kappa shape index (κ3) is 6.34. The number of halogens is 2. The van der Waals surface area contributed by atoms with E-state index in [1.165, 1.54) is 6.20 Å². The van der Waals surface area contributed by atoms with E-state index in [0.29, 0.717) is 38.1 Å². The molecule has 0 atom stereocenters. The molecular weight excluding hydrogens is 469 g/mol. The van der Waals surface area contributed by atoms with Gasteiger partial charge in [-0.25, -0.2) is 0 Å². The number of hydrogen-bond donors (Lipinski definition) is 2. The number of rotatable bonds is 3. The molecule has 1 aromatic heterocycles. The molecule has 1 heterocycles. The van der Waals surface area contributed by atoms with Crippen molar-refractivity contribution in [3.8, 4) is 23.3 Å². The highest BCUT2D eigenvalue weighted by Gasteiger charge is 2.11. The van der Waals surface area contributed by atoms with Crippen molar-refractivity contribution in [2.45, 2.75) is 0 Å². The Kier molecular flexibility index (Phi) is 8.21. The smallest absolute Gasteiger partial charge is 0.257 e. The number of nitrogens with zero attached hydrogens (tertiary/aromatic N) is 3. The summed E-state index contributed by atoms with van der Waals surface area (Å²) in [6, 6.07) is 24.9. The van der Waals surface area contributed by atoms with Crippen molar-refractivity contribution in [2.24, 2.45) is 0 Å². The zero-order valence-corrected chi connectivity index (χ0v) is 19.2. The van der Waals surface area contributed by atoms with Crippen LogP contribution in [-0.2, 0) is 0 Å². The van der Waals surface area contributed by atoms with E-state index < -0.39 is 0 Å². The van der Waals surface area contributed by atoms with Gasteiger partial charge in [-0.1, -0.05) is 53.5 Å². The fraction of sp³-hybridized carbons (Fsp3) is 0. The molecule has 3 N–H and O–H groups in total. The number of carbonyl (C=O) groups is 1. The number of nitrogen functional groups attached to an aromatic ring is 1. The summed E-state index contributed by atoms with van der Waals surface area (Å²) in [5.41, 5.74) is 9.25. The van der Waals surface area contributed by atoms with Gasteiger partial charge in [-0.2, -0.15) is 10.5 Å². The Morgan fingerprint density at radius 2 is 1.47 bits per heavy atom. The zero-order valence-electron chi connectivity index (χ0n) is 17.7. The van der Waals surface area contributed by atoms with Crippen LogP contribution >= 0.6 is 23.2 Å². The first kappa shape index (κ1) is 24.3. The van der Waals surface area contributed by atoms with Crippen molar-refractivity contribution in [1.82, 2.24) is 4.98 Å². The summed E-state index contributed by atoms with van der Waals surface area (Å²) in [5.74, 6) is -0.348. The van der Waals surface area contributed by atoms with E-state index in [2.05, 4.69) is 10.3 Å². The maximum absolute atomic E-state index is 12.5. The van der Waals surface area contributed by atoms with Gasteiger partial charge in [-0.3, -0.25) is 9.78 Å². The van der Waals surface area contributed by atoms with Gasteiger partial charge in [0.15, 0.2) is 0 Å². The minimum absolute atomic E-state index is 0.347. The number of nitrogens with one attached hydrogen (secondary N) is 1. The summed E-state index contributed by atoms with van der Waals surface area (Å²) in [6.45, 7) is 0. The van der Waals surface area contributed by atoms with Gasteiger partial charge < -0.3 is 11.1 Å². The number of nitriles is 2. The van der Waals surface area contributed by atoms with E-state index in [1.807, 2.05) is 42.5 Å². The van der Waals surface area contributed by atoms with E-state index in [4.69, 9.17) is 39.5 Å². The minimum atomic E-state index is -0.348. The number of carbonyl (C=O) groups excluding carboxylic acids is 1. The normalized spacial score (nSPS) is 9.65. The zero-order chi connectivity index (χ0) is 24.5. The molecule has 3 aromatic carbocycles. The van der Waals surface area contributed by atoms with Crippen LogP contribution in [0.1, 0.15) is 21.5 Å². The van der Waals surface area contributed by atoms with Crippen LogP contribution in [0.15, 0.2) is 85.2 Å². The molecule has 0 spiro atoms. The van der Waals surface area contributed by atoms with Crippen LogP contribution in [0.5, 0.6) is 0 Å². The van der Waals surface area contributed by atoms with E-state index >= 15 is 0 Å². The predicted molar refractivity (Wildman–Crippen MR) is 134 cm³/mol. The topological polar surface area (TPSA) is 116 Å². The molecule has 6 nitrogen and oxygen atoms in total. The van der Waals surface area contributed by atoms with Crippen LogP contribution in [0.3, 0.4) is 0 Å². The van der Waals surface area contributed by atoms with Crippen molar-refractivity contribution in [1.29, 1.82) is 10.5 Å². The lowest BCUT2D eigenvalue weighted by Crippen LogP contribution is -2.13. The maximum atomic E-state index is 12.5. The van der Waals surface area contributed by atoms with Gasteiger partial charge >= 0.3 is 0 Å². The molecule has 166 valence electrons. The summed E-state index contributed by atoms with van der Waals surface area (Å²) in [6.07, 6.45) is 3.19. The lowest BCUT2D eigenvalue weighted by atomic mass is 10.1. The molecule has 0 radical (unpaired) electrons. The Bertz CT molecular complexity index is 1410. The van der Waals surface area contributed by atoms with Gasteiger partial charge in [0.2, 0.25) is 0 Å². The fourth-order valence-corrected chi connectivity index (χ4v) is 3.25. The summed E-state index contributed by atoms with van der Waals surface area (Å²) in [7, 11) is 0. The standard InChI is InChI=1S/C19H12ClN3O.C7H5ClN2/c20-17-7-6-14(10-21)18(9-17)23-19(24)16-8-15(11-22-12-16)13-4-2-1-3-5-13;8-6-2-1-5(4-9)7(10)3-6/h1-9,11-12H,(H,23,24);1-3H,10H2. The van der Waals surface area contributed by atoms with Crippen LogP contribution in [0.25, 0.3) is 11.1 Å². The molecule has 4 aromatic rings. The lowest BCUT2D eigenvalue weighted by Gasteiger charge is -2.08. The fourth-order valence-electron chi connectivity index (χ4n) is 2.90. The van der Waals surface area contributed by atoms with Crippen molar-refractivity contribution >= 4 is 40.5 Å². The number of nitrogens with two attached hydrogens (primary N) is 1. The van der Waals surface area contributed by atoms with Gasteiger partial charge in [0.25, 0.3) is 5.91 Å². The second-order valence-corrected chi connectivity index (χ2v) is 7.80. The van der Waals surface area contributed by atoms with E-state index in [-0.39, 0.29) is 5.91 Å². The monoisotopic (exact) mass is 485 g/mol. The average molecular weight is 486 g/mol. The van der Waals surface area contributed by atoms with E-state index in [9.17, 15) is 4.79 Å². The molecule has 1 amide bonds. The average Bonchev–Trinajstić information content (AvgIpc) is 2.85. The second kappa shape index (κ2) is 11.5. The summed E-state index contributed by atoms with van der Waals surface area (Å²) >= 11 is 11.5. The van der Waals surface area contributed by atoms with Gasteiger partial charge in [-0.15, -0.1) is 0 Å². The van der Waals surface area contributed by atoms with Crippen molar-refractivity contribution < 1.29 is 4.79 Å². The summed E-state index contributed by atoms with van der Waals surface area (Å²) < 4.78 is 0. The van der Waals surface area contributed by atoms with Gasteiger partial charge in [0.05, 0.1) is 28.1 Å². The molecule has 0 unspecified atom stereocenters. The molecule has 0 saturated heterocycles. The van der Waals surface area contributed by atoms with Crippen LogP contribution in [0.2, 0.25) is 10.0 Å². The Morgan fingerprint density at radius 3 is 2.12 bits per heavy atom. The molecule has 0 aliphatic carbocycles. The molecule has 8 heteroatoms. The van der Waals surface area contributed by atoms with Crippen LogP contribution < -0.4 is 11.1 Å². The SMILES string of the molecule is N#Cc1ccc(Cl)cc1N.N#Cc1ccc(Cl)cc1NC(=O)c1cncc(-c2ccccc2)c1. The van der Waals surface area contributed by atoms with Crippen LogP contribution in [0, 0.1) is 22.7 Å². The number of hydrogen-bond acceptors (Lipinski definition) is 5. The molecule has 0 aliphatic rings. The number of amides is 1. The number of benzene rings is 3. The highest BCUT2D eigenvalue weighted by atomic mass is 35.5. The largest absolute Gasteiger partial charge is 0.398 e. The van der Waals surface area contributed by atoms with E-state index in [0.717, 1.165) is 11.1 Å². The first-order chi connectivity index (χ1) is 16.4. The Morgan fingerprint density at radius 1 is 0.824 bits per heavy atom. The highest BCUT2D eigenvalue weighted by molar-refractivity contribution is 6.31. The number of aromatic nitrogens is 1. The van der Waals surface area contributed by atoms with Crippen LogP contribution in [0.4, 0.5) is 11.4 Å². The summed E-state index contributed by atoms with van der Waals surface area (Å²) in [5, 5.41) is 21.3. The molecule has 0 bridgehead atoms. The molecule has 34 heavy (non-hydrogen) atoms. The van der Waals surface area contributed by atoms with Crippen molar-refractivity contribution in [3.63, 3.8) is 0 Å².